The molecule has 0 aliphatic carbocycles. The Morgan fingerprint density at radius 2 is 0.964 bits per heavy atom. The van der Waals surface area contributed by atoms with Gasteiger partial charge in [-0.1, -0.05) is 162 Å². The molecule has 8 heteroatoms. The molecule has 8 nitrogen and oxygen atoms in total. The van der Waals surface area contributed by atoms with E-state index >= 15 is 0 Å². The molecule has 0 spiro atoms. The molecule has 0 N–H and O–H groups in total. The molecule has 0 radical (unpaired) electrons. The van der Waals surface area contributed by atoms with Crippen molar-refractivity contribution in [1.29, 1.82) is 0 Å². The molecule has 0 aromatic heterocycles. The zero-order valence-electron chi connectivity index (χ0n) is 36.6. The summed E-state index contributed by atoms with van der Waals surface area (Å²) in [7, 11) is 0. The Morgan fingerprint density at radius 3 is 1.45 bits per heavy atom. The molecule has 0 rings (SSSR count). The first-order valence-electron chi connectivity index (χ1n) is 22.9. The summed E-state index contributed by atoms with van der Waals surface area (Å²) in [6.07, 6.45) is 37.0. The van der Waals surface area contributed by atoms with Crippen LogP contribution in [0, 0.1) is 11.8 Å². The highest BCUT2D eigenvalue weighted by Gasteiger charge is 2.18. The first-order valence-corrected chi connectivity index (χ1v) is 22.9. The second kappa shape index (κ2) is 41.3. The lowest BCUT2D eigenvalue weighted by molar-refractivity contribution is -0.150. The van der Waals surface area contributed by atoms with Crippen LogP contribution in [0.5, 0.6) is 0 Å². The van der Waals surface area contributed by atoms with Crippen molar-refractivity contribution in [2.75, 3.05) is 46.1 Å². The van der Waals surface area contributed by atoms with Crippen molar-refractivity contribution >= 4 is 18.1 Å². The van der Waals surface area contributed by atoms with Crippen molar-refractivity contribution < 1.29 is 33.3 Å². The highest BCUT2D eigenvalue weighted by atomic mass is 16.7. The summed E-state index contributed by atoms with van der Waals surface area (Å²) in [5, 5.41) is 0. The van der Waals surface area contributed by atoms with Crippen LogP contribution >= 0.6 is 0 Å². The molecule has 0 bridgehead atoms. The maximum atomic E-state index is 12.5. The molecule has 0 aromatic carbocycles. The summed E-state index contributed by atoms with van der Waals surface area (Å²) in [5.41, 5.74) is 0. The number of rotatable bonds is 40. The Bertz CT molecular complexity index is 930. The monoisotopic (exact) mass is 778 g/mol. The van der Waals surface area contributed by atoms with Gasteiger partial charge in [-0.2, -0.15) is 0 Å². The number of hydrogen-bond donors (Lipinski definition) is 0. The van der Waals surface area contributed by atoms with Crippen LogP contribution in [0.2, 0.25) is 0 Å². The predicted octanol–water partition coefficient (Wildman–Crippen LogP) is 13.1. The van der Waals surface area contributed by atoms with Crippen molar-refractivity contribution in [1.82, 2.24) is 4.90 Å². The summed E-state index contributed by atoms with van der Waals surface area (Å²) in [6, 6.07) is 0. The van der Waals surface area contributed by atoms with Crippen LogP contribution in [0.3, 0.4) is 0 Å². The Morgan fingerprint density at radius 1 is 0.509 bits per heavy atom. The van der Waals surface area contributed by atoms with Gasteiger partial charge in [-0.25, -0.2) is 4.79 Å². The minimum Gasteiger partial charge on any atom is -0.465 e. The second-order valence-corrected chi connectivity index (χ2v) is 15.8. The van der Waals surface area contributed by atoms with E-state index < -0.39 is 12.1 Å². The van der Waals surface area contributed by atoms with E-state index in [-0.39, 0.29) is 38.4 Å². The van der Waals surface area contributed by atoms with Crippen molar-refractivity contribution in [3.8, 4) is 0 Å². The summed E-state index contributed by atoms with van der Waals surface area (Å²) >= 11 is 0. The fourth-order valence-electron chi connectivity index (χ4n) is 6.42. The van der Waals surface area contributed by atoms with E-state index in [1.807, 2.05) is 0 Å². The molecule has 0 aliphatic rings. The standard InChI is InChI=1S/C47H87NO7/c1-6-9-10-11-12-13-14-15-16-17-20-23-26-29-32-36-45(49)53-40-44(42-55-47(51)52-39-34-38-48(7-2)8-3)41-54-46(50)37-33-30-27-24-21-18-19-22-25-28-31-35-43(4)5/h12-13,15-16,43-44H,6-11,14,17-42H2,1-5H3/b13-12-,16-15-. The van der Waals surface area contributed by atoms with Gasteiger partial charge in [0.05, 0.1) is 12.5 Å². The molecule has 0 fully saturated rings. The maximum Gasteiger partial charge on any atom is 0.508 e. The lowest BCUT2D eigenvalue weighted by Crippen LogP contribution is -2.27. The average molecular weight is 778 g/mol. The highest BCUT2D eigenvalue weighted by molar-refractivity contribution is 5.69. The molecule has 0 heterocycles. The largest absolute Gasteiger partial charge is 0.508 e. The number of unbranched alkanes of at least 4 members (excludes halogenated alkanes) is 18. The van der Waals surface area contributed by atoms with E-state index in [1.54, 1.807) is 0 Å². The van der Waals surface area contributed by atoms with Crippen molar-refractivity contribution in [2.45, 2.75) is 202 Å². The van der Waals surface area contributed by atoms with Crippen molar-refractivity contribution in [2.24, 2.45) is 11.8 Å². The van der Waals surface area contributed by atoms with Gasteiger partial charge >= 0.3 is 18.1 Å². The average Bonchev–Trinajstić information content (AvgIpc) is 3.17. The molecule has 322 valence electrons. The van der Waals surface area contributed by atoms with E-state index in [2.05, 4.69) is 63.8 Å². The van der Waals surface area contributed by atoms with Gasteiger partial charge < -0.3 is 23.8 Å². The molecule has 1 atom stereocenters. The van der Waals surface area contributed by atoms with Crippen LogP contribution in [0.4, 0.5) is 4.79 Å². The van der Waals surface area contributed by atoms with Gasteiger partial charge in [0.25, 0.3) is 0 Å². The van der Waals surface area contributed by atoms with E-state index in [0.29, 0.717) is 12.8 Å². The molecular formula is C47H87NO7. The van der Waals surface area contributed by atoms with E-state index in [4.69, 9.17) is 18.9 Å². The summed E-state index contributed by atoms with van der Waals surface area (Å²) in [6.45, 7) is 14.1. The Kier molecular flexibility index (Phi) is 39.5. The topological polar surface area (TPSA) is 91.4 Å². The SMILES string of the molecule is CCCCC/C=C\C/C=C\CCCCCCCC(=O)OCC(COC(=O)CCCCCCCCCCCCCC(C)C)COC(=O)OCCCN(CC)CC. The van der Waals surface area contributed by atoms with Crippen molar-refractivity contribution in [3.63, 3.8) is 0 Å². The zero-order chi connectivity index (χ0) is 40.5. The number of carbonyl (C=O) groups excluding carboxylic acids is 3. The van der Waals surface area contributed by atoms with Crippen LogP contribution < -0.4 is 0 Å². The smallest absolute Gasteiger partial charge is 0.465 e. The molecule has 0 aliphatic heterocycles. The summed E-state index contributed by atoms with van der Waals surface area (Å²) in [4.78, 5) is 39.6. The van der Waals surface area contributed by atoms with E-state index in [9.17, 15) is 14.4 Å². The van der Waals surface area contributed by atoms with Crippen LogP contribution in [-0.2, 0) is 28.5 Å². The van der Waals surface area contributed by atoms with Gasteiger partial charge in [0, 0.05) is 19.4 Å². The molecule has 0 saturated carbocycles. The molecule has 0 aromatic rings. The van der Waals surface area contributed by atoms with Gasteiger partial charge in [0.1, 0.15) is 19.8 Å². The fourth-order valence-corrected chi connectivity index (χ4v) is 6.42. The number of esters is 2. The third kappa shape index (κ3) is 39.7. The zero-order valence-corrected chi connectivity index (χ0v) is 36.6. The van der Waals surface area contributed by atoms with Gasteiger partial charge in [-0.15, -0.1) is 0 Å². The minimum absolute atomic E-state index is 0.0273. The fraction of sp³-hybridized carbons (Fsp3) is 0.851. The number of nitrogens with zero attached hydrogens (tertiary/aromatic N) is 1. The van der Waals surface area contributed by atoms with E-state index in [0.717, 1.165) is 89.8 Å². The highest BCUT2D eigenvalue weighted by Crippen LogP contribution is 2.15. The molecule has 0 amide bonds. The lowest BCUT2D eigenvalue weighted by Gasteiger charge is -2.18. The summed E-state index contributed by atoms with van der Waals surface area (Å²) < 4.78 is 21.7. The number of ether oxygens (including phenoxy) is 4. The molecular weight excluding hydrogens is 691 g/mol. The van der Waals surface area contributed by atoms with Crippen LogP contribution in [0.25, 0.3) is 0 Å². The molecule has 55 heavy (non-hydrogen) atoms. The Hall–Kier alpha value is -2.35. The first-order chi connectivity index (χ1) is 26.8. The van der Waals surface area contributed by atoms with Gasteiger partial charge in [-0.05, 0) is 70.4 Å². The maximum absolute atomic E-state index is 12.5. The third-order valence-corrected chi connectivity index (χ3v) is 10.1. The van der Waals surface area contributed by atoms with Gasteiger partial charge in [0.15, 0.2) is 0 Å². The normalized spacial score (nSPS) is 12.3. The molecule has 1 unspecified atom stereocenters. The van der Waals surface area contributed by atoms with E-state index in [1.165, 1.54) is 89.9 Å². The van der Waals surface area contributed by atoms with Crippen LogP contribution in [-0.4, -0.2) is 69.1 Å². The van der Waals surface area contributed by atoms with Crippen molar-refractivity contribution in [3.05, 3.63) is 24.3 Å². The third-order valence-electron chi connectivity index (χ3n) is 10.1. The number of hydrogen-bond acceptors (Lipinski definition) is 8. The quantitative estimate of drug-likeness (QED) is 0.0263. The minimum atomic E-state index is -0.756. The lowest BCUT2D eigenvalue weighted by atomic mass is 10.0. The Labute approximate surface area is 339 Å². The predicted molar refractivity (Wildman–Crippen MR) is 229 cm³/mol. The Balaban J connectivity index is 4.33. The molecule has 0 saturated heterocycles. The summed E-state index contributed by atoms with van der Waals surface area (Å²) in [5.74, 6) is -0.169. The van der Waals surface area contributed by atoms with Gasteiger partial charge in [-0.3, -0.25) is 9.59 Å². The van der Waals surface area contributed by atoms with Gasteiger partial charge in [0.2, 0.25) is 0 Å². The van der Waals surface area contributed by atoms with Crippen LogP contribution in [0.15, 0.2) is 24.3 Å². The number of allylic oxidation sites excluding steroid dienone is 4. The second-order valence-electron chi connectivity index (χ2n) is 15.8. The first kappa shape index (κ1) is 52.6. The van der Waals surface area contributed by atoms with Crippen LogP contribution in [0.1, 0.15) is 202 Å². The number of carbonyl (C=O) groups is 3.